The fourth-order valence-electron chi connectivity index (χ4n) is 4.11. The van der Waals surface area contributed by atoms with Gasteiger partial charge in [0.1, 0.15) is 0 Å². The summed E-state index contributed by atoms with van der Waals surface area (Å²) in [7, 11) is 0. The van der Waals surface area contributed by atoms with Crippen LogP contribution in [0.25, 0.3) is 0 Å². The van der Waals surface area contributed by atoms with Gasteiger partial charge in [0.25, 0.3) is 0 Å². The van der Waals surface area contributed by atoms with Crippen LogP contribution in [0.1, 0.15) is 30.7 Å². The Hall–Kier alpha value is -1.65. The van der Waals surface area contributed by atoms with Crippen molar-refractivity contribution < 1.29 is 9.59 Å². The summed E-state index contributed by atoms with van der Waals surface area (Å²) in [5.74, 6) is -0.344. The molecule has 0 spiro atoms. The van der Waals surface area contributed by atoms with Gasteiger partial charge < -0.3 is 0 Å². The number of rotatable bonds is 2. The lowest BCUT2D eigenvalue weighted by molar-refractivity contribution is -0.122. The summed E-state index contributed by atoms with van der Waals surface area (Å²) in [6.45, 7) is 0. The highest BCUT2D eigenvalue weighted by molar-refractivity contribution is 9.10. The minimum Gasteiger partial charge on any atom is -0.274 e. The lowest BCUT2D eigenvalue weighted by Gasteiger charge is -2.28. The molecule has 2 amide bonds. The summed E-state index contributed by atoms with van der Waals surface area (Å²) in [5.41, 5.74) is 1.74. The Morgan fingerprint density at radius 3 is 2.40 bits per heavy atom. The number of benzene rings is 2. The number of carbonyl (C=O) groups is 2. The molecule has 25 heavy (non-hydrogen) atoms. The van der Waals surface area contributed by atoms with Crippen molar-refractivity contribution in [1.82, 2.24) is 0 Å². The van der Waals surface area contributed by atoms with E-state index in [0.29, 0.717) is 16.6 Å². The van der Waals surface area contributed by atoms with E-state index < -0.39 is 0 Å². The van der Waals surface area contributed by atoms with Crippen LogP contribution in [-0.4, -0.2) is 11.8 Å². The van der Waals surface area contributed by atoms with E-state index in [-0.39, 0.29) is 23.7 Å². The lowest BCUT2D eigenvalue weighted by Crippen LogP contribution is -2.31. The van der Waals surface area contributed by atoms with Crippen LogP contribution in [0.4, 0.5) is 5.69 Å². The predicted molar refractivity (Wildman–Crippen MR) is 102 cm³/mol. The standard InChI is InChI=1S/C20H17BrClNO2/c21-14-7-9-18(17(22)11-14)23-19(24)15-8-6-13(10-16(15)20(23)25)12-4-2-1-3-5-12/h1-5,7,9,11,13,15-16H,6,8,10H2. The first-order chi connectivity index (χ1) is 12.1. The first-order valence-corrected chi connectivity index (χ1v) is 9.61. The van der Waals surface area contributed by atoms with Crippen LogP contribution in [0.3, 0.4) is 0 Å². The van der Waals surface area contributed by atoms with E-state index >= 15 is 0 Å². The number of amides is 2. The van der Waals surface area contributed by atoms with Crippen molar-refractivity contribution in [3.63, 3.8) is 0 Å². The molecule has 0 N–H and O–H groups in total. The van der Waals surface area contributed by atoms with Gasteiger partial charge in [-0.15, -0.1) is 0 Å². The summed E-state index contributed by atoms with van der Waals surface area (Å²) in [4.78, 5) is 27.2. The third-order valence-corrected chi connectivity index (χ3v) is 6.14. The molecule has 1 aliphatic heterocycles. The number of imide groups is 1. The van der Waals surface area contributed by atoms with Crippen molar-refractivity contribution >= 4 is 45.0 Å². The van der Waals surface area contributed by atoms with Gasteiger partial charge >= 0.3 is 0 Å². The van der Waals surface area contributed by atoms with Gasteiger partial charge in [0, 0.05) is 4.47 Å². The molecule has 0 radical (unpaired) electrons. The first kappa shape index (κ1) is 16.8. The molecule has 0 aromatic heterocycles. The predicted octanol–water partition coefficient (Wildman–Crippen LogP) is 5.18. The van der Waals surface area contributed by atoms with E-state index in [1.807, 2.05) is 18.2 Å². The largest absolute Gasteiger partial charge is 0.274 e. The molecule has 128 valence electrons. The van der Waals surface area contributed by atoms with Crippen LogP contribution < -0.4 is 4.90 Å². The number of hydrogen-bond acceptors (Lipinski definition) is 2. The van der Waals surface area contributed by atoms with Crippen LogP contribution in [0.15, 0.2) is 53.0 Å². The Morgan fingerprint density at radius 2 is 1.68 bits per heavy atom. The van der Waals surface area contributed by atoms with Crippen molar-refractivity contribution in [3.8, 4) is 0 Å². The Morgan fingerprint density at radius 1 is 0.960 bits per heavy atom. The number of halogens is 2. The molecule has 2 aliphatic rings. The zero-order chi connectivity index (χ0) is 17.6. The Bertz CT molecular complexity index is 839. The summed E-state index contributed by atoms with van der Waals surface area (Å²) in [5, 5.41) is 0.411. The average molecular weight is 419 g/mol. The monoisotopic (exact) mass is 417 g/mol. The Labute approximate surface area is 160 Å². The van der Waals surface area contributed by atoms with E-state index in [9.17, 15) is 9.59 Å². The quantitative estimate of drug-likeness (QED) is 0.631. The van der Waals surface area contributed by atoms with Crippen molar-refractivity contribution in [2.75, 3.05) is 4.90 Å². The van der Waals surface area contributed by atoms with Gasteiger partial charge in [-0.25, -0.2) is 4.90 Å². The maximum atomic E-state index is 13.0. The van der Waals surface area contributed by atoms with Gasteiger partial charge in [0.2, 0.25) is 11.8 Å². The van der Waals surface area contributed by atoms with Gasteiger partial charge in [-0.3, -0.25) is 9.59 Å². The van der Waals surface area contributed by atoms with Crippen molar-refractivity contribution in [2.24, 2.45) is 11.8 Å². The van der Waals surface area contributed by atoms with Gasteiger partial charge in [0.05, 0.1) is 22.5 Å². The third kappa shape index (κ3) is 2.91. The van der Waals surface area contributed by atoms with E-state index in [2.05, 4.69) is 28.1 Å². The zero-order valence-electron chi connectivity index (χ0n) is 13.5. The molecule has 2 aromatic carbocycles. The molecule has 1 saturated carbocycles. The number of anilines is 1. The number of hydrogen-bond donors (Lipinski definition) is 0. The third-order valence-electron chi connectivity index (χ3n) is 5.35. The highest BCUT2D eigenvalue weighted by atomic mass is 79.9. The second-order valence-electron chi connectivity index (χ2n) is 6.74. The SMILES string of the molecule is O=C1C2CCC(c3ccccc3)CC2C(=O)N1c1ccc(Br)cc1Cl. The molecular formula is C20H17BrClNO2. The molecule has 2 fully saturated rings. The molecule has 3 nitrogen and oxygen atoms in total. The number of nitrogens with zero attached hydrogens (tertiary/aromatic N) is 1. The van der Waals surface area contributed by atoms with Crippen molar-refractivity contribution in [1.29, 1.82) is 0 Å². The van der Waals surface area contributed by atoms with Crippen molar-refractivity contribution in [3.05, 3.63) is 63.6 Å². The zero-order valence-corrected chi connectivity index (χ0v) is 15.8. The number of carbonyl (C=O) groups excluding carboxylic acids is 2. The summed E-state index contributed by atoms with van der Waals surface area (Å²) < 4.78 is 0.821. The maximum absolute atomic E-state index is 13.0. The molecule has 1 heterocycles. The smallest absolute Gasteiger partial charge is 0.237 e. The molecule has 0 bridgehead atoms. The van der Waals surface area contributed by atoms with Gasteiger partial charge in [0.15, 0.2) is 0 Å². The van der Waals surface area contributed by atoms with Crippen molar-refractivity contribution in [2.45, 2.75) is 25.2 Å². The second kappa shape index (κ2) is 6.58. The van der Waals surface area contributed by atoms with Gasteiger partial charge in [-0.2, -0.15) is 0 Å². The fourth-order valence-corrected chi connectivity index (χ4v) is 4.87. The molecule has 3 atom stereocenters. The number of fused-ring (bicyclic) bond motifs is 1. The van der Waals surface area contributed by atoms with Crippen LogP contribution in [0.5, 0.6) is 0 Å². The molecule has 4 rings (SSSR count). The Kier molecular flexibility index (Phi) is 4.42. The van der Waals surface area contributed by atoms with Crippen LogP contribution in [0, 0.1) is 11.8 Å². The second-order valence-corrected chi connectivity index (χ2v) is 8.06. The van der Waals surface area contributed by atoms with Gasteiger partial charge in [-0.05, 0) is 48.9 Å². The molecular weight excluding hydrogens is 402 g/mol. The summed E-state index contributed by atoms with van der Waals surface area (Å²) in [6, 6.07) is 15.5. The topological polar surface area (TPSA) is 37.4 Å². The van der Waals surface area contributed by atoms with Gasteiger partial charge in [-0.1, -0.05) is 57.9 Å². The fraction of sp³-hybridized carbons (Fsp3) is 0.300. The molecule has 1 aliphatic carbocycles. The molecule has 5 heteroatoms. The van der Waals surface area contributed by atoms with E-state index in [0.717, 1.165) is 23.7 Å². The average Bonchev–Trinajstić information content (AvgIpc) is 2.87. The van der Waals surface area contributed by atoms with E-state index in [4.69, 9.17) is 11.6 Å². The first-order valence-electron chi connectivity index (χ1n) is 8.44. The van der Waals surface area contributed by atoms with Crippen LogP contribution in [0.2, 0.25) is 5.02 Å². The molecule has 3 unspecified atom stereocenters. The lowest BCUT2D eigenvalue weighted by atomic mass is 9.73. The highest BCUT2D eigenvalue weighted by Gasteiger charge is 2.51. The summed E-state index contributed by atoms with van der Waals surface area (Å²) in [6.07, 6.45) is 2.41. The van der Waals surface area contributed by atoms with E-state index in [1.165, 1.54) is 10.5 Å². The summed E-state index contributed by atoms with van der Waals surface area (Å²) >= 11 is 9.64. The minimum absolute atomic E-state index is 0.106. The maximum Gasteiger partial charge on any atom is 0.237 e. The molecule has 2 aromatic rings. The minimum atomic E-state index is -0.244. The van der Waals surface area contributed by atoms with E-state index in [1.54, 1.807) is 18.2 Å². The normalized spacial score (nSPS) is 26.0. The molecule has 1 saturated heterocycles. The Balaban J connectivity index is 1.63. The van der Waals surface area contributed by atoms with Crippen LogP contribution in [-0.2, 0) is 9.59 Å². The van der Waals surface area contributed by atoms with Crippen LogP contribution >= 0.6 is 27.5 Å². The highest BCUT2D eigenvalue weighted by Crippen LogP contribution is 2.46.